The Bertz CT molecular complexity index is 128. The number of rotatable bonds is 2. The van der Waals surface area contributed by atoms with Gasteiger partial charge in [0.2, 0.25) is 0 Å². The molecular formula is C6H12O5. The number of aliphatic hydroxyl groups excluding tert-OH is 4. The average molecular weight is 164 g/mol. The van der Waals surface area contributed by atoms with Crippen LogP contribution in [-0.2, 0) is 4.74 Å². The van der Waals surface area contributed by atoms with Crippen molar-refractivity contribution in [3.8, 4) is 0 Å². The molecule has 5 nitrogen and oxygen atoms in total. The lowest BCUT2D eigenvalue weighted by atomic mass is 10.1. The zero-order chi connectivity index (χ0) is 8.43. The number of aliphatic hydroxyl groups is 4. The molecule has 1 aliphatic heterocycles. The molecule has 1 rings (SSSR count). The summed E-state index contributed by atoms with van der Waals surface area (Å²) < 4.78 is 4.82. The molecule has 4 atom stereocenters. The first-order valence-electron chi connectivity index (χ1n) is 3.43. The molecule has 1 unspecified atom stereocenters. The molecule has 0 bridgehead atoms. The SMILES string of the molecule is OC[C@@H](O)C1OC[C@@H](O)[C@H]1O. The van der Waals surface area contributed by atoms with Crippen molar-refractivity contribution in [1.82, 2.24) is 0 Å². The summed E-state index contributed by atoms with van der Waals surface area (Å²) in [6.07, 6.45) is -4.05. The minimum absolute atomic E-state index is 0.00287. The van der Waals surface area contributed by atoms with E-state index in [0.717, 1.165) is 0 Å². The first kappa shape index (κ1) is 8.89. The molecule has 4 N–H and O–H groups in total. The molecule has 0 amide bonds. The molecule has 1 aliphatic rings. The second-order valence-electron chi connectivity index (χ2n) is 2.61. The number of ether oxygens (including phenoxy) is 1. The third kappa shape index (κ3) is 1.69. The van der Waals surface area contributed by atoms with Crippen LogP contribution < -0.4 is 0 Å². The summed E-state index contributed by atoms with van der Waals surface area (Å²) in [5.41, 5.74) is 0. The quantitative estimate of drug-likeness (QED) is 0.361. The van der Waals surface area contributed by atoms with Crippen molar-refractivity contribution in [2.24, 2.45) is 0 Å². The molecule has 5 heteroatoms. The summed E-state index contributed by atoms with van der Waals surface area (Å²) in [6.45, 7) is -0.475. The molecule has 0 saturated carbocycles. The monoisotopic (exact) mass is 164 g/mol. The summed E-state index contributed by atoms with van der Waals surface area (Å²) in [5.74, 6) is 0. The Labute approximate surface area is 63.8 Å². The van der Waals surface area contributed by atoms with Gasteiger partial charge in [-0.1, -0.05) is 0 Å². The molecule has 0 aromatic carbocycles. The smallest absolute Gasteiger partial charge is 0.114 e. The summed E-state index contributed by atoms with van der Waals surface area (Å²) in [4.78, 5) is 0. The maximum absolute atomic E-state index is 9.11. The Morgan fingerprint density at radius 3 is 2.45 bits per heavy atom. The second kappa shape index (κ2) is 3.46. The van der Waals surface area contributed by atoms with Gasteiger partial charge in [0.05, 0.1) is 13.2 Å². The van der Waals surface area contributed by atoms with Gasteiger partial charge in [-0.15, -0.1) is 0 Å². The normalized spacial score (nSPS) is 40.9. The van der Waals surface area contributed by atoms with Crippen LogP contribution in [0.5, 0.6) is 0 Å². The molecule has 1 saturated heterocycles. The Hall–Kier alpha value is -0.200. The van der Waals surface area contributed by atoms with Crippen molar-refractivity contribution >= 4 is 0 Å². The van der Waals surface area contributed by atoms with Gasteiger partial charge in [-0.25, -0.2) is 0 Å². The zero-order valence-electron chi connectivity index (χ0n) is 5.92. The van der Waals surface area contributed by atoms with Gasteiger partial charge in [0, 0.05) is 0 Å². The molecule has 0 spiro atoms. The molecule has 66 valence electrons. The fraction of sp³-hybridized carbons (Fsp3) is 1.00. The molecule has 11 heavy (non-hydrogen) atoms. The number of hydrogen-bond donors (Lipinski definition) is 4. The predicted molar refractivity (Wildman–Crippen MR) is 34.8 cm³/mol. The van der Waals surface area contributed by atoms with Crippen LogP contribution in [0.15, 0.2) is 0 Å². The van der Waals surface area contributed by atoms with Gasteiger partial charge >= 0.3 is 0 Å². The van der Waals surface area contributed by atoms with E-state index in [1.165, 1.54) is 0 Å². The highest BCUT2D eigenvalue weighted by Crippen LogP contribution is 2.16. The van der Waals surface area contributed by atoms with Gasteiger partial charge in [-0.2, -0.15) is 0 Å². The standard InChI is InChI=1S/C6H12O5/c7-1-3(8)6-5(10)4(9)2-11-6/h3-10H,1-2H2/t3-,4-,5-,6?/m1/s1. The first-order chi connectivity index (χ1) is 5.16. The van der Waals surface area contributed by atoms with E-state index < -0.39 is 31.0 Å². The minimum atomic E-state index is -1.12. The predicted octanol–water partition coefficient (Wildman–Crippen LogP) is -2.54. The summed E-state index contributed by atoms with van der Waals surface area (Å²) in [7, 11) is 0. The van der Waals surface area contributed by atoms with Crippen LogP contribution in [0.1, 0.15) is 0 Å². The lowest BCUT2D eigenvalue weighted by molar-refractivity contribution is -0.0684. The third-order valence-electron chi connectivity index (χ3n) is 1.76. The van der Waals surface area contributed by atoms with E-state index >= 15 is 0 Å². The van der Waals surface area contributed by atoms with Crippen molar-refractivity contribution in [1.29, 1.82) is 0 Å². The van der Waals surface area contributed by atoms with Gasteiger partial charge in [-0.05, 0) is 0 Å². The highest BCUT2D eigenvalue weighted by atomic mass is 16.5. The van der Waals surface area contributed by atoms with E-state index in [4.69, 9.17) is 25.2 Å². The Morgan fingerprint density at radius 2 is 2.09 bits per heavy atom. The molecular weight excluding hydrogens is 152 g/mol. The number of hydrogen-bond acceptors (Lipinski definition) is 5. The maximum Gasteiger partial charge on any atom is 0.114 e. The fourth-order valence-electron chi connectivity index (χ4n) is 1.07. The lowest BCUT2D eigenvalue weighted by Gasteiger charge is -2.18. The molecule has 1 fully saturated rings. The molecule has 0 radical (unpaired) electrons. The van der Waals surface area contributed by atoms with Crippen molar-refractivity contribution in [2.45, 2.75) is 24.4 Å². The Balaban J connectivity index is 2.47. The van der Waals surface area contributed by atoms with Crippen LogP contribution in [0, 0.1) is 0 Å². The highest BCUT2D eigenvalue weighted by molar-refractivity contribution is 4.87. The lowest BCUT2D eigenvalue weighted by Crippen LogP contribution is -2.40. The van der Waals surface area contributed by atoms with Crippen LogP contribution >= 0.6 is 0 Å². The third-order valence-corrected chi connectivity index (χ3v) is 1.76. The fourth-order valence-corrected chi connectivity index (χ4v) is 1.07. The summed E-state index contributed by atoms with van der Waals surface area (Å²) in [6, 6.07) is 0. The Morgan fingerprint density at radius 1 is 1.45 bits per heavy atom. The summed E-state index contributed by atoms with van der Waals surface area (Å²) in [5, 5.41) is 35.5. The van der Waals surface area contributed by atoms with E-state index in [1.807, 2.05) is 0 Å². The van der Waals surface area contributed by atoms with E-state index in [-0.39, 0.29) is 6.61 Å². The maximum atomic E-state index is 9.11. The largest absolute Gasteiger partial charge is 0.394 e. The van der Waals surface area contributed by atoms with E-state index in [2.05, 4.69) is 0 Å². The van der Waals surface area contributed by atoms with Gasteiger partial charge in [0.1, 0.15) is 24.4 Å². The van der Waals surface area contributed by atoms with Crippen LogP contribution in [0.25, 0.3) is 0 Å². The second-order valence-corrected chi connectivity index (χ2v) is 2.61. The highest BCUT2D eigenvalue weighted by Gasteiger charge is 2.38. The van der Waals surface area contributed by atoms with Gasteiger partial charge in [-0.3, -0.25) is 0 Å². The van der Waals surface area contributed by atoms with E-state index in [9.17, 15) is 0 Å². The minimum Gasteiger partial charge on any atom is -0.394 e. The van der Waals surface area contributed by atoms with Crippen LogP contribution in [-0.4, -0.2) is 58.1 Å². The van der Waals surface area contributed by atoms with Crippen molar-refractivity contribution < 1.29 is 25.2 Å². The van der Waals surface area contributed by atoms with Crippen LogP contribution in [0.2, 0.25) is 0 Å². The van der Waals surface area contributed by atoms with E-state index in [0.29, 0.717) is 0 Å². The summed E-state index contributed by atoms with van der Waals surface area (Å²) >= 11 is 0. The topological polar surface area (TPSA) is 90.2 Å². The Kier molecular flexibility index (Phi) is 2.80. The molecule has 0 aliphatic carbocycles. The van der Waals surface area contributed by atoms with E-state index in [1.54, 1.807) is 0 Å². The van der Waals surface area contributed by atoms with Crippen molar-refractivity contribution in [2.75, 3.05) is 13.2 Å². The average Bonchev–Trinajstić information content (AvgIpc) is 2.32. The van der Waals surface area contributed by atoms with Crippen LogP contribution in [0.3, 0.4) is 0 Å². The van der Waals surface area contributed by atoms with Crippen molar-refractivity contribution in [3.63, 3.8) is 0 Å². The molecule has 1 heterocycles. The molecule has 0 aromatic heterocycles. The van der Waals surface area contributed by atoms with Gasteiger partial charge < -0.3 is 25.2 Å². The molecule has 0 aromatic rings. The van der Waals surface area contributed by atoms with Gasteiger partial charge in [0.25, 0.3) is 0 Å². The first-order valence-corrected chi connectivity index (χ1v) is 3.43. The van der Waals surface area contributed by atoms with Gasteiger partial charge in [0.15, 0.2) is 0 Å². The van der Waals surface area contributed by atoms with Crippen molar-refractivity contribution in [3.05, 3.63) is 0 Å². The van der Waals surface area contributed by atoms with Crippen LogP contribution in [0.4, 0.5) is 0 Å². The zero-order valence-corrected chi connectivity index (χ0v) is 5.92.